The van der Waals surface area contributed by atoms with Crippen LogP contribution in [0.3, 0.4) is 0 Å². The highest BCUT2D eigenvalue weighted by molar-refractivity contribution is 9.09. The molecule has 0 aromatic heterocycles. The third kappa shape index (κ3) is 6.67. The monoisotopic (exact) mass is 360 g/mol. The lowest BCUT2D eigenvalue weighted by Gasteiger charge is -2.19. The van der Waals surface area contributed by atoms with E-state index in [9.17, 15) is 0 Å². The van der Waals surface area contributed by atoms with Crippen LogP contribution in [0, 0.1) is 0 Å². The normalized spacial score (nSPS) is 12.3. The molecule has 0 amide bonds. The van der Waals surface area contributed by atoms with Crippen molar-refractivity contribution < 1.29 is 9.47 Å². The maximum Gasteiger partial charge on any atom is 0.119 e. The summed E-state index contributed by atoms with van der Waals surface area (Å²) in [4.78, 5) is 0. The molecular weight excluding hydrogens is 340 g/mol. The lowest BCUT2D eigenvalue weighted by molar-refractivity contribution is 0.0776. The second kappa shape index (κ2) is 8.58. The van der Waals surface area contributed by atoms with Crippen LogP contribution in [-0.2, 0) is 4.74 Å². The Bertz CT molecular complexity index is 421. The molecule has 1 aromatic rings. The van der Waals surface area contributed by atoms with Crippen molar-refractivity contribution in [1.29, 1.82) is 0 Å². The van der Waals surface area contributed by atoms with Gasteiger partial charge in [0.2, 0.25) is 0 Å². The molecule has 4 heteroatoms. The van der Waals surface area contributed by atoms with Crippen LogP contribution in [0.2, 0.25) is 0 Å². The van der Waals surface area contributed by atoms with E-state index in [0.29, 0.717) is 12.5 Å². The molecule has 0 aliphatic heterocycles. The third-order valence-electron chi connectivity index (χ3n) is 2.47. The average Bonchev–Trinajstić information content (AvgIpc) is 2.40. The number of benzene rings is 1. The molecule has 0 aliphatic carbocycles. The zero-order valence-electron chi connectivity index (χ0n) is 12.3. The first-order valence-corrected chi connectivity index (χ1v) is 8.34. The maximum absolute atomic E-state index is 5.71. The summed E-state index contributed by atoms with van der Waals surface area (Å²) in [7, 11) is 0. The molecule has 112 valence electrons. The predicted molar refractivity (Wildman–Crippen MR) is 89.9 cm³/mol. The summed E-state index contributed by atoms with van der Waals surface area (Å²) in [6.45, 7) is 6.74. The third-order valence-corrected chi connectivity index (χ3v) is 3.34. The molecule has 1 rings (SSSR count). The largest absolute Gasteiger partial charge is 0.495 e. The number of allylic oxidation sites excluding steroid dienone is 1. The first-order chi connectivity index (χ1) is 9.46. The Morgan fingerprint density at radius 1 is 1.25 bits per heavy atom. The SMILES string of the molecule is CC(C)(C)O/C=C(\CBr)c1ccc(OCCCCl)cc1. The summed E-state index contributed by atoms with van der Waals surface area (Å²) in [6.07, 6.45) is 2.67. The number of alkyl halides is 2. The van der Waals surface area contributed by atoms with Gasteiger partial charge in [-0.2, -0.15) is 0 Å². The van der Waals surface area contributed by atoms with Gasteiger partial charge in [-0.25, -0.2) is 0 Å². The predicted octanol–water partition coefficient (Wildman–Crippen LogP) is 5.25. The molecule has 2 nitrogen and oxygen atoms in total. The van der Waals surface area contributed by atoms with Gasteiger partial charge in [0.05, 0.1) is 18.5 Å². The lowest BCUT2D eigenvalue weighted by Crippen LogP contribution is -2.15. The van der Waals surface area contributed by atoms with Crippen molar-refractivity contribution in [3.63, 3.8) is 0 Å². The van der Waals surface area contributed by atoms with Gasteiger partial charge in [0.25, 0.3) is 0 Å². The van der Waals surface area contributed by atoms with E-state index in [0.717, 1.165) is 28.6 Å². The minimum atomic E-state index is -0.183. The average molecular weight is 362 g/mol. The van der Waals surface area contributed by atoms with Gasteiger partial charge < -0.3 is 9.47 Å². The van der Waals surface area contributed by atoms with Crippen LogP contribution in [0.4, 0.5) is 0 Å². The van der Waals surface area contributed by atoms with Gasteiger partial charge in [-0.15, -0.1) is 11.6 Å². The zero-order valence-corrected chi connectivity index (χ0v) is 14.6. The summed E-state index contributed by atoms with van der Waals surface area (Å²) in [6, 6.07) is 8.01. The van der Waals surface area contributed by atoms with Gasteiger partial charge in [0.15, 0.2) is 0 Å². The molecule has 0 fully saturated rings. The van der Waals surface area contributed by atoms with E-state index in [1.54, 1.807) is 0 Å². The van der Waals surface area contributed by atoms with Crippen molar-refractivity contribution in [2.45, 2.75) is 32.8 Å². The van der Waals surface area contributed by atoms with Crippen LogP contribution in [-0.4, -0.2) is 23.4 Å². The van der Waals surface area contributed by atoms with E-state index in [4.69, 9.17) is 21.1 Å². The fourth-order valence-corrected chi connectivity index (χ4v) is 2.00. The number of hydrogen-bond acceptors (Lipinski definition) is 2. The smallest absolute Gasteiger partial charge is 0.119 e. The molecule has 0 saturated carbocycles. The Morgan fingerprint density at radius 3 is 2.40 bits per heavy atom. The summed E-state index contributed by atoms with van der Waals surface area (Å²) in [5.41, 5.74) is 2.04. The topological polar surface area (TPSA) is 18.5 Å². The maximum atomic E-state index is 5.71. The van der Waals surface area contributed by atoms with E-state index < -0.39 is 0 Å². The van der Waals surface area contributed by atoms with Crippen molar-refractivity contribution in [1.82, 2.24) is 0 Å². The van der Waals surface area contributed by atoms with Gasteiger partial charge in [0, 0.05) is 16.8 Å². The van der Waals surface area contributed by atoms with E-state index >= 15 is 0 Å². The Labute approximate surface area is 135 Å². The molecule has 0 saturated heterocycles. The molecule has 0 heterocycles. The highest BCUT2D eigenvalue weighted by atomic mass is 79.9. The number of halogens is 2. The fourth-order valence-electron chi connectivity index (χ4n) is 1.43. The minimum Gasteiger partial charge on any atom is -0.495 e. The van der Waals surface area contributed by atoms with Gasteiger partial charge in [-0.3, -0.25) is 0 Å². The molecule has 0 spiro atoms. The summed E-state index contributed by atoms with van der Waals surface area (Å²) in [5, 5.41) is 0.746. The van der Waals surface area contributed by atoms with Gasteiger partial charge >= 0.3 is 0 Å². The quantitative estimate of drug-likeness (QED) is 0.375. The first-order valence-electron chi connectivity index (χ1n) is 6.68. The van der Waals surface area contributed by atoms with E-state index in [-0.39, 0.29) is 5.60 Å². The fraction of sp³-hybridized carbons (Fsp3) is 0.500. The number of rotatable bonds is 7. The number of hydrogen-bond donors (Lipinski definition) is 0. The summed E-state index contributed by atoms with van der Waals surface area (Å²) < 4.78 is 11.3. The van der Waals surface area contributed by atoms with E-state index in [2.05, 4.69) is 15.9 Å². The minimum absolute atomic E-state index is 0.183. The van der Waals surface area contributed by atoms with Crippen LogP contribution >= 0.6 is 27.5 Å². The number of ether oxygens (including phenoxy) is 2. The van der Waals surface area contributed by atoms with Crippen LogP contribution < -0.4 is 4.74 Å². The molecule has 0 bridgehead atoms. The Balaban J connectivity index is 2.69. The van der Waals surface area contributed by atoms with Crippen LogP contribution in [0.5, 0.6) is 5.75 Å². The highest BCUT2D eigenvalue weighted by Gasteiger charge is 2.10. The Hall–Kier alpha value is -0.670. The van der Waals surface area contributed by atoms with Crippen molar-refractivity contribution >= 4 is 33.1 Å². The van der Waals surface area contributed by atoms with Crippen molar-refractivity contribution in [3.05, 3.63) is 36.1 Å². The molecule has 0 atom stereocenters. The second-order valence-corrected chi connectivity index (χ2v) is 6.36. The summed E-state index contributed by atoms with van der Waals surface area (Å²) in [5.74, 6) is 1.49. The zero-order chi connectivity index (χ0) is 15.0. The van der Waals surface area contributed by atoms with Crippen molar-refractivity contribution in [2.75, 3.05) is 17.8 Å². The molecule has 1 aromatic carbocycles. The van der Waals surface area contributed by atoms with E-state index in [1.165, 1.54) is 0 Å². The van der Waals surface area contributed by atoms with Gasteiger partial charge in [-0.05, 0) is 44.9 Å². The Morgan fingerprint density at radius 2 is 1.90 bits per heavy atom. The van der Waals surface area contributed by atoms with Crippen LogP contribution in [0.25, 0.3) is 5.57 Å². The Kier molecular flexibility index (Phi) is 7.46. The molecule has 20 heavy (non-hydrogen) atoms. The molecule has 0 N–H and O–H groups in total. The molecule has 0 radical (unpaired) electrons. The first kappa shape index (κ1) is 17.4. The molecule has 0 aliphatic rings. The lowest BCUT2D eigenvalue weighted by atomic mass is 10.1. The van der Waals surface area contributed by atoms with Crippen LogP contribution in [0.15, 0.2) is 30.5 Å². The standard InChI is InChI=1S/C16H22BrClO2/c1-16(2,3)20-12-14(11-17)13-5-7-15(8-6-13)19-10-4-9-18/h5-8,12H,4,9-11H2,1-3H3/b14-12+. The van der Waals surface area contributed by atoms with Crippen molar-refractivity contribution in [2.24, 2.45) is 0 Å². The summed E-state index contributed by atoms with van der Waals surface area (Å²) >= 11 is 9.11. The van der Waals surface area contributed by atoms with Gasteiger partial charge in [0.1, 0.15) is 5.75 Å². The van der Waals surface area contributed by atoms with E-state index in [1.807, 2.05) is 51.3 Å². The second-order valence-electron chi connectivity index (χ2n) is 5.42. The molecule has 0 unspecified atom stereocenters. The van der Waals surface area contributed by atoms with Crippen LogP contribution in [0.1, 0.15) is 32.8 Å². The highest BCUT2D eigenvalue weighted by Crippen LogP contribution is 2.22. The van der Waals surface area contributed by atoms with Gasteiger partial charge in [-0.1, -0.05) is 28.1 Å². The van der Waals surface area contributed by atoms with Crippen molar-refractivity contribution in [3.8, 4) is 5.75 Å². The molecular formula is C16H22BrClO2.